The van der Waals surface area contributed by atoms with Gasteiger partial charge in [0, 0.05) is 23.4 Å². The number of hydrazine groups is 1. The molecule has 18 heavy (non-hydrogen) atoms. The predicted molar refractivity (Wildman–Crippen MR) is 67.9 cm³/mol. The zero-order chi connectivity index (χ0) is 13.0. The number of carbonyl (C=O) groups excluding carboxylic acids is 1. The van der Waals surface area contributed by atoms with Crippen LogP contribution in [0.4, 0.5) is 0 Å². The molecule has 1 aromatic heterocycles. The Bertz CT molecular complexity index is 535. The van der Waals surface area contributed by atoms with Crippen molar-refractivity contribution in [3.63, 3.8) is 0 Å². The molecule has 2 aromatic rings. The topological polar surface area (TPSA) is 77.2 Å². The summed E-state index contributed by atoms with van der Waals surface area (Å²) in [6.45, 7) is 0. The summed E-state index contributed by atoms with van der Waals surface area (Å²) >= 11 is 0. The highest BCUT2D eigenvalue weighted by molar-refractivity contribution is 5.94. The van der Waals surface area contributed by atoms with Crippen molar-refractivity contribution in [2.75, 3.05) is 7.11 Å². The van der Waals surface area contributed by atoms with Gasteiger partial charge in [-0.25, -0.2) is 10.8 Å². The standard InChI is InChI=1S/C13H13N3O2/c1-18-12-7-6-11(8-15-12)9-2-4-10(5-3-9)13(17)16-14/h2-8H,14H2,1H3,(H,16,17). The van der Waals surface area contributed by atoms with E-state index in [1.807, 2.05) is 18.2 Å². The number of benzene rings is 1. The van der Waals surface area contributed by atoms with Crippen molar-refractivity contribution in [2.24, 2.45) is 5.84 Å². The zero-order valence-corrected chi connectivity index (χ0v) is 9.88. The van der Waals surface area contributed by atoms with Crippen molar-refractivity contribution in [3.8, 4) is 17.0 Å². The minimum Gasteiger partial charge on any atom is -0.481 e. The van der Waals surface area contributed by atoms with Crippen molar-refractivity contribution < 1.29 is 9.53 Å². The van der Waals surface area contributed by atoms with Gasteiger partial charge < -0.3 is 4.74 Å². The molecule has 3 N–H and O–H groups in total. The van der Waals surface area contributed by atoms with Crippen molar-refractivity contribution in [3.05, 3.63) is 48.2 Å². The molecule has 0 aliphatic heterocycles. The summed E-state index contributed by atoms with van der Waals surface area (Å²) in [6.07, 6.45) is 1.72. The Hall–Kier alpha value is -2.40. The zero-order valence-electron chi connectivity index (χ0n) is 9.88. The number of amides is 1. The van der Waals surface area contributed by atoms with Gasteiger partial charge in [-0.05, 0) is 23.8 Å². The summed E-state index contributed by atoms with van der Waals surface area (Å²) < 4.78 is 4.99. The molecule has 0 radical (unpaired) electrons. The largest absolute Gasteiger partial charge is 0.481 e. The van der Waals surface area contributed by atoms with Crippen LogP contribution in [0.3, 0.4) is 0 Å². The van der Waals surface area contributed by atoms with Crippen LogP contribution >= 0.6 is 0 Å². The molecule has 0 aliphatic carbocycles. The number of methoxy groups -OCH3 is 1. The summed E-state index contributed by atoms with van der Waals surface area (Å²) in [4.78, 5) is 15.4. The number of ether oxygens (including phenoxy) is 1. The molecule has 0 spiro atoms. The molecular weight excluding hydrogens is 230 g/mol. The second-order valence-electron chi connectivity index (χ2n) is 3.64. The molecule has 0 bridgehead atoms. The molecular formula is C13H13N3O2. The molecule has 0 saturated heterocycles. The smallest absolute Gasteiger partial charge is 0.265 e. The number of pyridine rings is 1. The number of hydrogen-bond acceptors (Lipinski definition) is 4. The fraction of sp³-hybridized carbons (Fsp3) is 0.0769. The third-order valence-electron chi connectivity index (χ3n) is 2.56. The summed E-state index contributed by atoms with van der Waals surface area (Å²) in [6, 6.07) is 10.8. The Kier molecular flexibility index (Phi) is 3.54. The second kappa shape index (κ2) is 5.29. The highest BCUT2D eigenvalue weighted by atomic mass is 16.5. The molecule has 1 amide bonds. The monoisotopic (exact) mass is 243 g/mol. The minimum absolute atomic E-state index is 0.311. The molecule has 0 saturated carbocycles. The first-order valence-electron chi connectivity index (χ1n) is 5.36. The van der Waals surface area contributed by atoms with E-state index in [-0.39, 0.29) is 5.91 Å². The van der Waals surface area contributed by atoms with E-state index in [2.05, 4.69) is 10.4 Å². The van der Waals surface area contributed by atoms with Gasteiger partial charge in [0.1, 0.15) is 0 Å². The molecule has 1 heterocycles. The number of hydrogen-bond donors (Lipinski definition) is 2. The van der Waals surface area contributed by atoms with Gasteiger partial charge in [0.25, 0.3) is 5.91 Å². The van der Waals surface area contributed by atoms with Crippen LogP contribution in [-0.2, 0) is 0 Å². The quantitative estimate of drug-likeness (QED) is 0.485. The number of nitrogens with two attached hydrogens (primary N) is 1. The van der Waals surface area contributed by atoms with Gasteiger partial charge in [0.15, 0.2) is 0 Å². The van der Waals surface area contributed by atoms with Gasteiger partial charge >= 0.3 is 0 Å². The number of aromatic nitrogens is 1. The van der Waals surface area contributed by atoms with Crippen molar-refractivity contribution in [2.45, 2.75) is 0 Å². The molecule has 92 valence electrons. The fourth-order valence-corrected chi connectivity index (χ4v) is 1.57. The van der Waals surface area contributed by atoms with Gasteiger partial charge in [-0.3, -0.25) is 10.2 Å². The molecule has 0 fully saturated rings. The second-order valence-corrected chi connectivity index (χ2v) is 3.64. The summed E-state index contributed by atoms with van der Waals surface area (Å²) in [5.74, 6) is 5.32. The van der Waals surface area contributed by atoms with Gasteiger partial charge in [-0.15, -0.1) is 0 Å². The third-order valence-corrected chi connectivity index (χ3v) is 2.56. The minimum atomic E-state index is -0.311. The van der Waals surface area contributed by atoms with E-state index in [4.69, 9.17) is 10.6 Å². The van der Waals surface area contributed by atoms with E-state index in [9.17, 15) is 4.79 Å². The maximum atomic E-state index is 11.3. The van der Waals surface area contributed by atoms with Crippen LogP contribution < -0.4 is 16.0 Å². The lowest BCUT2D eigenvalue weighted by molar-refractivity contribution is 0.0953. The lowest BCUT2D eigenvalue weighted by atomic mass is 10.1. The first-order chi connectivity index (χ1) is 8.74. The number of nitrogens with zero attached hydrogens (tertiary/aromatic N) is 1. The number of rotatable bonds is 3. The first-order valence-corrected chi connectivity index (χ1v) is 5.36. The van der Waals surface area contributed by atoms with Crippen molar-refractivity contribution >= 4 is 5.91 Å². The van der Waals surface area contributed by atoms with E-state index >= 15 is 0 Å². The summed E-state index contributed by atoms with van der Waals surface area (Å²) in [5, 5.41) is 0. The van der Waals surface area contributed by atoms with E-state index in [0.717, 1.165) is 11.1 Å². The van der Waals surface area contributed by atoms with Crippen molar-refractivity contribution in [1.82, 2.24) is 10.4 Å². The van der Waals surface area contributed by atoms with Crippen LogP contribution in [0, 0.1) is 0 Å². The lowest BCUT2D eigenvalue weighted by Gasteiger charge is -2.04. The molecule has 5 nitrogen and oxygen atoms in total. The molecule has 0 atom stereocenters. The third kappa shape index (κ3) is 2.46. The predicted octanol–water partition coefficient (Wildman–Crippen LogP) is 1.36. The maximum Gasteiger partial charge on any atom is 0.265 e. The SMILES string of the molecule is COc1ccc(-c2ccc(C(=O)NN)cc2)cn1. The molecule has 1 aromatic carbocycles. The Balaban J connectivity index is 2.25. The van der Waals surface area contributed by atoms with Crippen molar-refractivity contribution in [1.29, 1.82) is 0 Å². The van der Waals surface area contributed by atoms with Crippen LogP contribution in [0.1, 0.15) is 10.4 Å². The van der Waals surface area contributed by atoms with Crippen LogP contribution in [0.25, 0.3) is 11.1 Å². The highest BCUT2D eigenvalue weighted by Crippen LogP contribution is 2.20. The number of carbonyl (C=O) groups is 1. The van der Waals surface area contributed by atoms with Gasteiger partial charge in [-0.2, -0.15) is 0 Å². The molecule has 2 rings (SSSR count). The first kappa shape index (κ1) is 12.1. The van der Waals surface area contributed by atoms with Crippen LogP contribution in [0.2, 0.25) is 0 Å². The maximum absolute atomic E-state index is 11.3. The normalized spacial score (nSPS) is 9.89. The molecule has 0 unspecified atom stereocenters. The molecule has 0 aliphatic rings. The Morgan fingerprint density at radius 3 is 2.33 bits per heavy atom. The van der Waals surface area contributed by atoms with Gasteiger partial charge in [0.2, 0.25) is 5.88 Å². The van der Waals surface area contributed by atoms with Gasteiger partial charge in [0.05, 0.1) is 7.11 Å². The fourth-order valence-electron chi connectivity index (χ4n) is 1.57. The number of nitrogen functional groups attached to an aromatic ring is 1. The average molecular weight is 243 g/mol. The Morgan fingerprint density at radius 2 is 1.83 bits per heavy atom. The van der Waals surface area contributed by atoms with Crippen LogP contribution in [0.15, 0.2) is 42.6 Å². The summed E-state index contributed by atoms with van der Waals surface area (Å²) in [5.41, 5.74) is 4.53. The molecule has 5 heteroatoms. The van der Waals surface area contributed by atoms with E-state index < -0.39 is 0 Å². The van der Waals surface area contributed by atoms with Gasteiger partial charge in [-0.1, -0.05) is 12.1 Å². The highest BCUT2D eigenvalue weighted by Gasteiger charge is 2.04. The Labute approximate surface area is 105 Å². The van der Waals surface area contributed by atoms with E-state index in [1.165, 1.54) is 0 Å². The van der Waals surface area contributed by atoms with E-state index in [1.54, 1.807) is 31.5 Å². The lowest BCUT2D eigenvalue weighted by Crippen LogP contribution is -2.29. The van der Waals surface area contributed by atoms with E-state index in [0.29, 0.717) is 11.4 Å². The Morgan fingerprint density at radius 1 is 1.17 bits per heavy atom. The summed E-state index contributed by atoms with van der Waals surface area (Å²) in [7, 11) is 1.57. The van der Waals surface area contributed by atoms with Crippen LogP contribution in [0.5, 0.6) is 5.88 Å². The van der Waals surface area contributed by atoms with Crippen LogP contribution in [-0.4, -0.2) is 18.0 Å². The number of nitrogens with one attached hydrogen (secondary N) is 1. The average Bonchev–Trinajstić information content (AvgIpc) is 2.47.